The molecule has 1 aromatic heterocycles. The summed E-state index contributed by atoms with van der Waals surface area (Å²) in [6.45, 7) is 5.87. The van der Waals surface area contributed by atoms with Crippen molar-refractivity contribution in [1.82, 2.24) is 4.98 Å². The van der Waals surface area contributed by atoms with Crippen molar-refractivity contribution in [2.75, 3.05) is 0 Å². The van der Waals surface area contributed by atoms with E-state index in [1.807, 2.05) is 0 Å². The molecule has 0 fully saturated rings. The topological polar surface area (TPSA) is 64.8 Å². The van der Waals surface area contributed by atoms with Gasteiger partial charge in [0.2, 0.25) is 12.5 Å². The van der Waals surface area contributed by atoms with Gasteiger partial charge >= 0.3 is 6.18 Å². The molecule has 0 aliphatic heterocycles. The summed E-state index contributed by atoms with van der Waals surface area (Å²) in [4.78, 5) is 5.40. The number of nitrogens with zero attached hydrogens (tertiary/aromatic N) is 4. The van der Waals surface area contributed by atoms with Crippen molar-refractivity contribution in [2.24, 2.45) is 0 Å². The Morgan fingerprint density at radius 3 is 2.17 bits per heavy atom. The molecule has 0 radical (unpaired) electrons. The van der Waals surface area contributed by atoms with Gasteiger partial charge in [0, 0.05) is 0 Å². The van der Waals surface area contributed by atoms with E-state index in [1.165, 1.54) is 12.1 Å². The lowest BCUT2D eigenvalue weighted by atomic mass is 10.0. The van der Waals surface area contributed by atoms with Gasteiger partial charge in [-0.15, -0.1) is 0 Å². The maximum atomic E-state index is 13.3. The molecule has 8 heteroatoms. The summed E-state index contributed by atoms with van der Waals surface area (Å²) in [6, 6.07) is 2.48. The number of hydrogen-bond acceptors (Lipinski definition) is 3. The second kappa shape index (κ2) is 4.68. The Bertz CT molecular complexity index is 613. The van der Waals surface area contributed by atoms with Gasteiger partial charge in [0.15, 0.2) is 5.69 Å². The highest BCUT2D eigenvalue weighted by molar-refractivity contribution is 5.53. The standard InChI is InChI=1S/C10H2F4N4/c1-17-4-7-5(2-15)6(3-16)8(10(12,13)14)18-9(7)11/h4H2. The number of aromatic nitrogens is 1. The van der Waals surface area contributed by atoms with Crippen molar-refractivity contribution < 1.29 is 17.6 Å². The molecule has 1 aromatic rings. The minimum absolute atomic E-state index is 0.600. The van der Waals surface area contributed by atoms with Crippen molar-refractivity contribution in [3.63, 3.8) is 0 Å². The van der Waals surface area contributed by atoms with E-state index in [4.69, 9.17) is 17.1 Å². The van der Waals surface area contributed by atoms with Crippen molar-refractivity contribution in [1.29, 1.82) is 10.5 Å². The minimum atomic E-state index is -5.05. The minimum Gasteiger partial charge on any atom is -0.312 e. The van der Waals surface area contributed by atoms with E-state index in [-0.39, 0.29) is 0 Å². The van der Waals surface area contributed by atoms with Crippen LogP contribution in [0, 0.1) is 35.2 Å². The van der Waals surface area contributed by atoms with Crippen LogP contribution in [-0.2, 0) is 12.7 Å². The number of hydrogen-bond donors (Lipinski definition) is 0. The molecule has 4 nitrogen and oxygen atoms in total. The Morgan fingerprint density at radius 2 is 1.78 bits per heavy atom. The molecule has 0 bridgehead atoms. The predicted octanol–water partition coefficient (Wildman–Crippen LogP) is 2.40. The lowest BCUT2D eigenvalue weighted by Crippen LogP contribution is -2.15. The molecule has 0 saturated carbocycles. The zero-order valence-corrected chi connectivity index (χ0v) is 8.51. The smallest absolute Gasteiger partial charge is 0.312 e. The van der Waals surface area contributed by atoms with Crippen LogP contribution in [0.15, 0.2) is 0 Å². The summed E-state index contributed by atoms with van der Waals surface area (Å²) in [5, 5.41) is 17.3. The van der Waals surface area contributed by atoms with Crippen LogP contribution in [0.25, 0.3) is 4.85 Å². The maximum Gasteiger partial charge on any atom is 0.434 e. The Balaban J connectivity index is 3.75. The molecule has 18 heavy (non-hydrogen) atoms. The van der Waals surface area contributed by atoms with E-state index in [9.17, 15) is 17.6 Å². The van der Waals surface area contributed by atoms with Gasteiger partial charge in [0.1, 0.15) is 23.3 Å². The van der Waals surface area contributed by atoms with Gasteiger partial charge in [-0.05, 0) is 0 Å². The summed E-state index contributed by atoms with van der Waals surface area (Å²) in [5.74, 6) is -1.56. The van der Waals surface area contributed by atoms with E-state index in [1.54, 1.807) is 0 Å². The van der Waals surface area contributed by atoms with Crippen LogP contribution in [0.3, 0.4) is 0 Å². The molecule has 1 rings (SSSR count). The molecule has 0 amide bonds. The van der Waals surface area contributed by atoms with E-state index in [0.717, 1.165) is 0 Å². The molecule has 0 unspecified atom stereocenters. The molecule has 1 heterocycles. The Hall–Kier alpha value is -2.66. The third-order valence-corrected chi connectivity index (χ3v) is 1.98. The normalized spacial score (nSPS) is 10.3. The average Bonchev–Trinajstić information content (AvgIpc) is 2.29. The van der Waals surface area contributed by atoms with E-state index in [2.05, 4.69) is 9.83 Å². The Morgan fingerprint density at radius 1 is 1.22 bits per heavy atom. The first kappa shape index (κ1) is 13.4. The number of rotatable bonds is 1. The van der Waals surface area contributed by atoms with Gasteiger partial charge in [0.05, 0.1) is 5.56 Å². The predicted molar refractivity (Wildman–Crippen MR) is 48.9 cm³/mol. The van der Waals surface area contributed by atoms with Crippen LogP contribution >= 0.6 is 0 Å². The van der Waals surface area contributed by atoms with Gasteiger partial charge in [-0.25, -0.2) is 11.6 Å². The lowest BCUT2D eigenvalue weighted by molar-refractivity contribution is -0.141. The maximum absolute atomic E-state index is 13.3. The van der Waals surface area contributed by atoms with Gasteiger partial charge in [0.25, 0.3) is 0 Å². The Kier molecular flexibility index (Phi) is 3.49. The second-order valence-electron chi connectivity index (χ2n) is 3.02. The summed E-state index contributed by atoms with van der Waals surface area (Å²) in [7, 11) is 0. The molecular formula is C10H2F4N4. The SMILES string of the molecule is [C-]#[N+]Cc1c(F)nc(C(F)(F)F)c(C#N)c1C#N. The van der Waals surface area contributed by atoms with Crippen LogP contribution in [0.1, 0.15) is 22.4 Å². The van der Waals surface area contributed by atoms with E-state index in [0.29, 0.717) is 0 Å². The first-order chi connectivity index (χ1) is 8.36. The van der Waals surface area contributed by atoms with Crippen molar-refractivity contribution in [2.45, 2.75) is 12.7 Å². The summed E-state index contributed by atoms with van der Waals surface area (Å²) >= 11 is 0. The monoisotopic (exact) mass is 254 g/mol. The van der Waals surface area contributed by atoms with Gasteiger partial charge in [-0.3, -0.25) is 0 Å². The van der Waals surface area contributed by atoms with Gasteiger partial charge in [-0.2, -0.15) is 28.1 Å². The largest absolute Gasteiger partial charge is 0.434 e. The van der Waals surface area contributed by atoms with Crippen LogP contribution < -0.4 is 0 Å². The van der Waals surface area contributed by atoms with Crippen molar-refractivity contribution >= 4 is 0 Å². The summed E-state index contributed by atoms with van der Waals surface area (Å²) in [5.41, 5.74) is -4.22. The van der Waals surface area contributed by atoms with Gasteiger partial charge < -0.3 is 4.85 Å². The molecular weight excluding hydrogens is 252 g/mol. The van der Waals surface area contributed by atoms with E-state index < -0.39 is 41.1 Å². The molecule has 0 N–H and O–H groups in total. The highest BCUT2D eigenvalue weighted by Gasteiger charge is 2.39. The zero-order chi connectivity index (χ0) is 13.9. The van der Waals surface area contributed by atoms with Crippen molar-refractivity contribution in [3.05, 3.63) is 39.7 Å². The van der Waals surface area contributed by atoms with E-state index >= 15 is 0 Å². The fourth-order valence-corrected chi connectivity index (χ4v) is 1.25. The van der Waals surface area contributed by atoms with Crippen molar-refractivity contribution in [3.8, 4) is 12.1 Å². The fourth-order valence-electron chi connectivity index (χ4n) is 1.25. The number of nitriles is 2. The fraction of sp³-hybridized carbons (Fsp3) is 0.200. The average molecular weight is 254 g/mol. The Labute approximate surface area is 98.5 Å². The quantitative estimate of drug-likeness (QED) is 0.439. The first-order valence-corrected chi connectivity index (χ1v) is 4.29. The number of alkyl halides is 3. The highest BCUT2D eigenvalue weighted by atomic mass is 19.4. The third kappa shape index (κ3) is 2.21. The molecule has 0 spiro atoms. The molecule has 90 valence electrons. The zero-order valence-electron chi connectivity index (χ0n) is 8.51. The summed E-state index contributed by atoms with van der Waals surface area (Å²) < 4.78 is 50.8. The molecule has 0 atom stereocenters. The van der Waals surface area contributed by atoms with Crippen LogP contribution in [0.5, 0.6) is 0 Å². The third-order valence-electron chi connectivity index (χ3n) is 1.98. The summed E-state index contributed by atoms with van der Waals surface area (Å²) in [6.07, 6.45) is -5.05. The van der Waals surface area contributed by atoms with Crippen LogP contribution in [0.4, 0.5) is 17.6 Å². The molecule has 0 aliphatic rings. The lowest BCUT2D eigenvalue weighted by Gasteiger charge is -2.10. The number of halogens is 4. The number of pyridine rings is 1. The first-order valence-electron chi connectivity index (χ1n) is 4.29. The second-order valence-corrected chi connectivity index (χ2v) is 3.02. The van der Waals surface area contributed by atoms with Crippen LogP contribution in [0.2, 0.25) is 0 Å². The molecule has 0 saturated heterocycles. The molecule has 0 aliphatic carbocycles. The highest BCUT2D eigenvalue weighted by Crippen LogP contribution is 2.33. The molecule has 0 aromatic carbocycles. The van der Waals surface area contributed by atoms with Crippen LogP contribution in [-0.4, -0.2) is 4.98 Å². The van der Waals surface area contributed by atoms with Gasteiger partial charge in [-0.1, -0.05) is 0 Å².